The monoisotopic (exact) mass is 275 g/mol. The molecule has 2 aromatic rings. The van der Waals surface area contributed by atoms with Gasteiger partial charge in [0.25, 0.3) is 0 Å². The van der Waals surface area contributed by atoms with E-state index >= 15 is 0 Å². The van der Waals surface area contributed by atoms with Crippen LogP contribution in [-0.2, 0) is 17.8 Å². The van der Waals surface area contributed by atoms with Crippen LogP contribution in [0.3, 0.4) is 0 Å². The van der Waals surface area contributed by atoms with Crippen LogP contribution in [0.2, 0.25) is 0 Å². The molecular formula is C14H17N3O3. The van der Waals surface area contributed by atoms with Crippen LogP contribution in [-0.4, -0.2) is 29.0 Å². The number of carbonyl (C=O) groups excluding carboxylic acids is 1. The summed E-state index contributed by atoms with van der Waals surface area (Å²) >= 11 is 0. The lowest BCUT2D eigenvalue weighted by Crippen LogP contribution is -2.14. The van der Waals surface area contributed by atoms with Crippen molar-refractivity contribution >= 4 is 17.3 Å². The Balaban J connectivity index is 2.16. The Morgan fingerprint density at radius 2 is 2.15 bits per heavy atom. The van der Waals surface area contributed by atoms with Crippen molar-refractivity contribution in [1.29, 1.82) is 0 Å². The zero-order valence-electron chi connectivity index (χ0n) is 11.1. The number of rotatable bonds is 8. The van der Waals surface area contributed by atoms with Crippen LogP contribution < -0.4 is 5.32 Å². The van der Waals surface area contributed by atoms with Gasteiger partial charge < -0.3 is 9.88 Å². The van der Waals surface area contributed by atoms with Gasteiger partial charge in [-0.05, 0) is 18.1 Å². The second kappa shape index (κ2) is 6.70. The SMILES string of the molecule is O=CNCCc1cn(CCC[N+](=O)[O-])c2ccccc12. The molecule has 0 radical (unpaired) electrons. The van der Waals surface area contributed by atoms with Crippen LogP contribution in [0.25, 0.3) is 10.9 Å². The molecule has 1 aromatic carbocycles. The minimum Gasteiger partial charge on any atom is -0.358 e. The molecule has 2 rings (SSSR count). The van der Waals surface area contributed by atoms with Gasteiger partial charge in [0.05, 0.1) is 0 Å². The zero-order chi connectivity index (χ0) is 14.4. The van der Waals surface area contributed by atoms with Crippen molar-refractivity contribution in [2.45, 2.75) is 19.4 Å². The molecule has 0 fully saturated rings. The van der Waals surface area contributed by atoms with E-state index in [-0.39, 0.29) is 11.5 Å². The molecule has 0 saturated carbocycles. The normalized spacial score (nSPS) is 10.6. The molecule has 0 unspecified atom stereocenters. The number of aryl methyl sites for hydroxylation is 1. The number of nitro groups is 1. The third-order valence-electron chi connectivity index (χ3n) is 3.23. The average molecular weight is 275 g/mol. The van der Waals surface area contributed by atoms with E-state index in [1.54, 1.807) is 0 Å². The number of amides is 1. The van der Waals surface area contributed by atoms with Crippen LogP contribution in [0.1, 0.15) is 12.0 Å². The maximum Gasteiger partial charge on any atom is 0.207 e. The molecule has 1 N–H and O–H groups in total. The highest BCUT2D eigenvalue weighted by Crippen LogP contribution is 2.21. The van der Waals surface area contributed by atoms with E-state index < -0.39 is 0 Å². The number of aromatic nitrogens is 1. The molecule has 0 aliphatic heterocycles. The smallest absolute Gasteiger partial charge is 0.207 e. The van der Waals surface area contributed by atoms with Crippen molar-refractivity contribution in [3.8, 4) is 0 Å². The molecule has 20 heavy (non-hydrogen) atoms. The van der Waals surface area contributed by atoms with Crippen LogP contribution >= 0.6 is 0 Å². The fraction of sp³-hybridized carbons (Fsp3) is 0.357. The van der Waals surface area contributed by atoms with E-state index in [1.807, 2.05) is 30.5 Å². The summed E-state index contributed by atoms with van der Waals surface area (Å²) in [5, 5.41) is 14.2. The van der Waals surface area contributed by atoms with Crippen LogP contribution in [0.15, 0.2) is 30.5 Å². The van der Waals surface area contributed by atoms with E-state index in [0.717, 1.165) is 22.9 Å². The van der Waals surface area contributed by atoms with Crippen molar-refractivity contribution in [2.75, 3.05) is 13.1 Å². The minimum absolute atomic E-state index is 0.0193. The Hall–Kier alpha value is -2.37. The molecule has 0 saturated heterocycles. The highest BCUT2D eigenvalue weighted by Gasteiger charge is 2.08. The first-order chi connectivity index (χ1) is 9.72. The number of carbonyl (C=O) groups is 1. The number of para-hydroxylation sites is 1. The molecule has 0 aliphatic rings. The molecule has 1 heterocycles. The van der Waals surface area contributed by atoms with Gasteiger partial charge in [-0.3, -0.25) is 14.9 Å². The summed E-state index contributed by atoms with van der Waals surface area (Å²) in [6.07, 6.45) is 3.98. The molecule has 0 bridgehead atoms. The fourth-order valence-electron chi connectivity index (χ4n) is 2.34. The Morgan fingerprint density at radius 1 is 1.35 bits per heavy atom. The number of benzene rings is 1. The topological polar surface area (TPSA) is 77.2 Å². The van der Waals surface area contributed by atoms with Crippen molar-refractivity contribution in [1.82, 2.24) is 9.88 Å². The summed E-state index contributed by atoms with van der Waals surface area (Å²) in [5.74, 6) is 0. The first kappa shape index (κ1) is 14.0. The molecule has 1 amide bonds. The summed E-state index contributed by atoms with van der Waals surface area (Å²) < 4.78 is 2.05. The largest absolute Gasteiger partial charge is 0.358 e. The molecule has 0 aliphatic carbocycles. The van der Waals surface area contributed by atoms with Gasteiger partial charge in [0.15, 0.2) is 0 Å². The summed E-state index contributed by atoms with van der Waals surface area (Å²) in [6.45, 7) is 1.20. The number of nitrogens with zero attached hydrogens (tertiary/aromatic N) is 2. The quantitative estimate of drug-likeness (QED) is 0.344. The maximum absolute atomic E-state index is 10.4. The third-order valence-corrected chi connectivity index (χ3v) is 3.23. The van der Waals surface area contributed by atoms with Crippen molar-refractivity contribution in [2.24, 2.45) is 0 Å². The van der Waals surface area contributed by atoms with E-state index in [4.69, 9.17) is 0 Å². The number of hydrogen-bond donors (Lipinski definition) is 1. The lowest BCUT2D eigenvalue weighted by atomic mass is 10.1. The molecule has 6 nitrogen and oxygen atoms in total. The predicted octanol–water partition coefficient (Wildman–Crippen LogP) is 1.60. The minimum atomic E-state index is -0.291. The molecule has 1 aromatic heterocycles. The highest BCUT2D eigenvalue weighted by molar-refractivity contribution is 5.84. The second-order valence-corrected chi connectivity index (χ2v) is 4.60. The Bertz CT molecular complexity index is 607. The molecule has 106 valence electrons. The highest BCUT2D eigenvalue weighted by atomic mass is 16.6. The number of nitrogens with one attached hydrogen (secondary N) is 1. The van der Waals surface area contributed by atoms with Crippen LogP contribution in [0.4, 0.5) is 0 Å². The van der Waals surface area contributed by atoms with Crippen LogP contribution in [0.5, 0.6) is 0 Å². The summed E-state index contributed by atoms with van der Waals surface area (Å²) in [6, 6.07) is 7.98. The van der Waals surface area contributed by atoms with Gasteiger partial charge in [-0.15, -0.1) is 0 Å². The van der Waals surface area contributed by atoms with E-state index in [1.165, 1.54) is 0 Å². The number of fused-ring (bicyclic) bond motifs is 1. The average Bonchev–Trinajstić information content (AvgIpc) is 2.78. The van der Waals surface area contributed by atoms with Gasteiger partial charge in [-0.1, -0.05) is 18.2 Å². The van der Waals surface area contributed by atoms with Gasteiger partial charge >= 0.3 is 0 Å². The zero-order valence-corrected chi connectivity index (χ0v) is 11.1. The summed E-state index contributed by atoms with van der Waals surface area (Å²) in [7, 11) is 0. The van der Waals surface area contributed by atoms with Gasteiger partial charge in [-0.25, -0.2) is 0 Å². The molecule has 0 atom stereocenters. The van der Waals surface area contributed by atoms with Crippen molar-refractivity contribution in [3.05, 3.63) is 46.1 Å². The Labute approximate surface area is 116 Å². The van der Waals surface area contributed by atoms with E-state index in [0.29, 0.717) is 25.9 Å². The maximum atomic E-state index is 10.4. The standard InChI is InChI=1S/C14H17N3O3/c18-11-15-7-6-12-10-16(8-3-9-17(19)20)14-5-2-1-4-13(12)14/h1-2,4-5,10-11H,3,6-9H2,(H,15,18). The van der Waals surface area contributed by atoms with E-state index in [2.05, 4.69) is 9.88 Å². The fourth-order valence-corrected chi connectivity index (χ4v) is 2.34. The summed E-state index contributed by atoms with van der Waals surface area (Å²) in [4.78, 5) is 20.4. The van der Waals surface area contributed by atoms with Crippen LogP contribution in [0, 0.1) is 10.1 Å². The van der Waals surface area contributed by atoms with Crippen molar-refractivity contribution < 1.29 is 9.72 Å². The van der Waals surface area contributed by atoms with E-state index in [9.17, 15) is 14.9 Å². The van der Waals surface area contributed by atoms with Crippen molar-refractivity contribution in [3.63, 3.8) is 0 Å². The lowest BCUT2D eigenvalue weighted by Gasteiger charge is -2.02. The number of hydrogen-bond acceptors (Lipinski definition) is 3. The lowest BCUT2D eigenvalue weighted by molar-refractivity contribution is -0.480. The predicted molar refractivity (Wildman–Crippen MR) is 76.2 cm³/mol. The van der Waals surface area contributed by atoms with Gasteiger partial charge in [0.1, 0.15) is 0 Å². The Kier molecular flexibility index (Phi) is 4.70. The van der Waals surface area contributed by atoms with Gasteiger partial charge in [0, 0.05) is 41.5 Å². The van der Waals surface area contributed by atoms with Gasteiger partial charge in [-0.2, -0.15) is 0 Å². The first-order valence-corrected chi connectivity index (χ1v) is 6.58. The molecule has 0 spiro atoms. The molecule has 6 heteroatoms. The molecular weight excluding hydrogens is 258 g/mol. The Morgan fingerprint density at radius 3 is 2.90 bits per heavy atom. The third kappa shape index (κ3) is 3.34. The second-order valence-electron chi connectivity index (χ2n) is 4.60. The first-order valence-electron chi connectivity index (χ1n) is 6.58. The summed E-state index contributed by atoms with van der Waals surface area (Å²) in [5.41, 5.74) is 2.23. The van der Waals surface area contributed by atoms with Gasteiger partial charge in [0.2, 0.25) is 13.0 Å².